The molecular formula is C11H13ClN2OS. The van der Waals surface area contributed by atoms with E-state index in [1.165, 1.54) is 11.3 Å². The molecule has 0 bridgehead atoms. The van der Waals surface area contributed by atoms with Crippen LogP contribution in [0.4, 0.5) is 0 Å². The SMILES string of the molecule is Cc1csc(C(O)Cc2cnn(C)c2)c1Cl. The van der Waals surface area contributed by atoms with E-state index in [0.29, 0.717) is 11.4 Å². The van der Waals surface area contributed by atoms with Crippen molar-refractivity contribution in [3.63, 3.8) is 0 Å². The summed E-state index contributed by atoms with van der Waals surface area (Å²) in [6, 6.07) is 0. The molecule has 0 spiro atoms. The van der Waals surface area contributed by atoms with Crippen LogP contribution < -0.4 is 0 Å². The molecule has 1 unspecified atom stereocenters. The largest absolute Gasteiger partial charge is 0.387 e. The number of halogens is 1. The molecule has 0 aliphatic carbocycles. The fraction of sp³-hybridized carbons (Fsp3) is 0.364. The number of aliphatic hydroxyl groups is 1. The Kier molecular flexibility index (Phi) is 3.33. The van der Waals surface area contributed by atoms with Gasteiger partial charge in [-0.05, 0) is 23.4 Å². The summed E-state index contributed by atoms with van der Waals surface area (Å²) in [6.45, 7) is 1.94. The highest BCUT2D eigenvalue weighted by Crippen LogP contribution is 2.33. The summed E-state index contributed by atoms with van der Waals surface area (Å²) < 4.78 is 1.73. The van der Waals surface area contributed by atoms with Gasteiger partial charge in [-0.2, -0.15) is 5.10 Å². The quantitative estimate of drug-likeness (QED) is 0.917. The average Bonchev–Trinajstić information content (AvgIpc) is 2.76. The minimum atomic E-state index is -0.546. The van der Waals surface area contributed by atoms with Crippen molar-refractivity contribution in [3.05, 3.63) is 38.8 Å². The molecule has 1 N–H and O–H groups in total. The van der Waals surface area contributed by atoms with E-state index < -0.39 is 6.10 Å². The molecule has 2 aromatic heterocycles. The molecular weight excluding hydrogens is 244 g/mol. The van der Waals surface area contributed by atoms with Crippen molar-refractivity contribution >= 4 is 22.9 Å². The van der Waals surface area contributed by atoms with Crippen molar-refractivity contribution in [2.45, 2.75) is 19.4 Å². The number of aliphatic hydroxyl groups excluding tert-OH is 1. The van der Waals surface area contributed by atoms with Gasteiger partial charge in [0.1, 0.15) is 0 Å². The van der Waals surface area contributed by atoms with E-state index in [1.54, 1.807) is 10.9 Å². The fourth-order valence-electron chi connectivity index (χ4n) is 1.57. The van der Waals surface area contributed by atoms with Gasteiger partial charge in [0.2, 0.25) is 0 Å². The monoisotopic (exact) mass is 256 g/mol. The molecule has 0 aliphatic rings. The normalized spacial score (nSPS) is 13.0. The molecule has 0 aromatic carbocycles. The molecule has 1 atom stereocenters. The maximum atomic E-state index is 10.1. The third kappa shape index (κ3) is 2.29. The molecule has 0 fully saturated rings. The van der Waals surface area contributed by atoms with Gasteiger partial charge in [0, 0.05) is 19.7 Å². The predicted molar refractivity (Wildman–Crippen MR) is 65.9 cm³/mol. The lowest BCUT2D eigenvalue weighted by atomic mass is 10.1. The number of hydrogen-bond donors (Lipinski definition) is 1. The minimum absolute atomic E-state index is 0.546. The van der Waals surface area contributed by atoms with Crippen molar-refractivity contribution in [2.75, 3.05) is 0 Å². The highest BCUT2D eigenvalue weighted by Gasteiger charge is 2.16. The summed E-state index contributed by atoms with van der Waals surface area (Å²) in [4.78, 5) is 0.836. The Labute approximate surface area is 103 Å². The Morgan fingerprint density at radius 1 is 1.62 bits per heavy atom. The van der Waals surface area contributed by atoms with E-state index in [4.69, 9.17) is 11.6 Å². The highest BCUT2D eigenvalue weighted by molar-refractivity contribution is 7.10. The maximum Gasteiger partial charge on any atom is 0.0938 e. The molecule has 0 radical (unpaired) electrons. The van der Waals surface area contributed by atoms with Crippen LogP contribution in [0.15, 0.2) is 17.8 Å². The molecule has 0 saturated heterocycles. The molecule has 5 heteroatoms. The van der Waals surface area contributed by atoms with Crippen LogP contribution in [0.5, 0.6) is 0 Å². The lowest BCUT2D eigenvalue weighted by Crippen LogP contribution is -1.99. The van der Waals surface area contributed by atoms with Gasteiger partial charge in [-0.25, -0.2) is 0 Å². The van der Waals surface area contributed by atoms with E-state index in [-0.39, 0.29) is 0 Å². The summed E-state index contributed by atoms with van der Waals surface area (Å²) in [5, 5.41) is 16.8. The maximum absolute atomic E-state index is 10.1. The fourth-order valence-corrected chi connectivity index (χ4v) is 2.87. The van der Waals surface area contributed by atoms with Gasteiger partial charge in [0.05, 0.1) is 22.2 Å². The summed E-state index contributed by atoms with van der Waals surface area (Å²) >= 11 is 7.61. The lowest BCUT2D eigenvalue weighted by Gasteiger charge is -2.07. The summed E-state index contributed by atoms with van der Waals surface area (Å²) in [5.74, 6) is 0. The summed E-state index contributed by atoms with van der Waals surface area (Å²) in [5.41, 5.74) is 2.03. The van der Waals surface area contributed by atoms with Crippen LogP contribution in [0.3, 0.4) is 0 Å². The van der Waals surface area contributed by atoms with Gasteiger partial charge in [-0.15, -0.1) is 11.3 Å². The van der Waals surface area contributed by atoms with Crippen molar-refractivity contribution in [2.24, 2.45) is 7.05 Å². The molecule has 86 valence electrons. The van der Waals surface area contributed by atoms with Gasteiger partial charge < -0.3 is 5.11 Å². The van der Waals surface area contributed by atoms with Gasteiger partial charge in [0.25, 0.3) is 0 Å². The van der Waals surface area contributed by atoms with E-state index in [2.05, 4.69) is 5.10 Å². The number of hydrogen-bond acceptors (Lipinski definition) is 3. The Balaban J connectivity index is 2.14. The van der Waals surface area contributed by atoms with E-state index in [1.807, 2.05) is 25.5 Å². The molecule has 0 aliphatic heterocycles. The zero-order valence-corrected chi connectivity index (χ0v) is 10.7. The third-order valence-corrected chi connectivity index (χ3v) is 4.23. The highest BCUT2D eigenvalue weighted by atomic mass is 35.5. The van der Waals surface area contributed by atoms with Crippen LogP contribution in [-0.4, -0.2) is 14.9 Å². The number of rotatable bonds is 3. The Bertz CT molecular complexity index is 492. The summed E-state index contributed by atoms with van der Waals surface area (Å²) in [6.07, 6.45) is 3.67. The van der Waals surface area contributed by atoms with Gasteiger partial charge in [-0.3, -0.25) is 4.68 Å². The van der Waals surface area contributed by atoms with Crippen LogP contribution in [0.1, 0.15) is 22.1 Å². The smallest absolute Gasteiger partial charge is 0.0938 e. The number of aromatic nitrogens is 2. The van der Waals surface area contributed by atoms with E-state index >= 15 is 0 Å². The standard InChI is InChI=1S/C11H13ClN2OS/c1-7-6-16-11(10(7)12)9(15)3-8-4-13-14(2)5-8/h4-6,9,15H,3H2,1-2H3. The van der Waals surface area contributed by atoms with Crippen molar-refractivity contribution in [1.29, 1.82) is 0 Å². The van der Waals surface area contributed by atoms with Crippen molar-refractivity contribution < 1.29 is 5.11 Å². The molecule has 2 aromatic rings. The first kappa shape index (κ1) is 11.6. The van der Waals surface area contributed by atoms with E-state index in [0.717, 1.165) is 16.0 Å². The second-order valence-corrected chi connectivity index (χ2v) is 5.13. The van der Waals surface area contributed by atoms with E-state index in [9.17, 15) is 5.11 Å². The van der Waals surface area contributed by atoms with Crippen LogP contribution >= 0.6 is 22.9 Å². The van der Waals surface area contributed by atoms with Crippen molar-refractivity contribution in [3.8, 4) is 0 Å². The Morgan fingerprint density at radius 2 is 2.38 bits per heavy atom. The first-order valence-corrected chi connectivity index (χ1v) is 6.22. The Hall–Kier alpha value is -0.840. The molecule has 16 heavy (non-hydrogen) atoms. The number of aryl methyl sites for hydroxylation is 2. The number of thiophene rings is 1. The van der Waals surface area contributed by atoms with Crippen LogP contribution in [0.25, 0.3) is 0 Å². The second kappa shape index (κ2) is 4.57. The molecule has 3 nitrogen and oxygen atoms in total. The zero-order chi connectivity index (χ0) is 11.7. The molecule has 0 amide bonds. The van der Waals surface area contributed by atoms with Crippen LogP contribution in [-0.2, 0) is 13.5 Å². The molecule has 2 heterocycles. The predicted octanol–water partition coefficient (Wildman–Crippen LogP) is 2.72. The topological polar surface area (TPSA) is 38.1 Å². The van der Waals surface area contributed by atoms with Gasteiger partial charge >= 0.3 is 0 Å². The Morgan fingerprint density at radius 3 is 2.88 bits per heavy atom. The second-order valence-electron chi connectivity index (χ2n) is 3.84. The minimum Gasteiger partial charge on any atom is -0.387 e. The average molecular weight is 257 g/mol. The zero-order valence-electron chi connectivity index (χ0n) is 9.14. The third-order valence-electron chi connectivity index (χ3n) is 2.42. The molecule has 2 rings (SSSR count). The molecule has 0 saturated carbocycles. The van der Waals surface area contributed by atoms with Crippen LogP contribution in [0, 0.1) is 6.92 Å². The number of nitrogens with zero attached hydrogens (tertiary/aromatic N) is 2. The first-order valence-electron chi connectivity index (χ1n) is 4.97. The van der Waals surface area contributed by atoms with Gasteiger partial charge in [0.15, 0.2) is 0 Å². The first-order chi connectivity index (χ1) is 7.58. The summed E-state index contributed by atoms with van der Waals surface area (Å²) in [7, 11) is 1.86. The van der Waals surface area contributed by atoms with Gasteiger partial charge in [-0.1, -0.05) is 11.6 Å². The lowest BCUT2D eigenvalue weighted by molar-refractivity contribution is 0.182. The van der Waals surface area contributed by atoms with Crippen LogP contribution in [0.2, 0.25) is 5.02 Å². The van der Waals surface area contributed by atoms with Crippen molar-refractivity contribution in [1.82, 2.24) is 9.78 Å².